The first-order valence-corrected chi connectivity index (χ1v) is 9.66. The van der Waals surface area contributed by atoms with Gasteiger partial charge in [0.1, 0.15) is 0 Å². The van der Waals surface area contributed by atoms with Gasteiger partial charge in [0, 0.05) is 0 Å². The Balaban J connectivity index is 2.71. The Morgan fingerprint density at radius 1 is 1.05 bits per heavy atom. The number of aryl methyl sites for hydroxylation is 1. The van der Waals surface area contributed by atoms with Crippen molar-refractivity contribution < 1.29 is 18.0 Å². The van der Waals surface area contributed by atoms with Crippen LogP contribution in [-0.4, -0.2) is 39.8 Å². The van der Waals surface area contributed by atoms with Crippen molar-refractivity contribution in [2.24, 2.45) is 11.5 Å². The molecular weight excluding hydrogens is 367 g/mol. The third-order valence-electron chi connectivity index (χ3n) is 3.01. The van der Waals surface area contributed by atoms with Crippen LogP contribution >= 0.6 is 0 Å². The number of amides is 2. The molecule has 0 fully saturated rings. The van der Waals surface area contributed by atoms with Crippen molar-refractivity contribution in [3.8, 4) is 0 Å². The molecule has 1 aliphatic rings. The summed E-state index contributed by atoms with van der Waals surface area (Å²) in [4.78, 5) is 24.4. The van der Waals surface area contributed by atoms with Crippen molar-refractivity contribution in [2.75, 3.05) is 0 Å². The average molecular weight is 380 g/mol. The topological polar surface area (TPSA) is 120 Å². The summed E-state index contributed by atoms with van der Waals surface area (Å²) in [7, 11) is -3.96. The van der Waals surface area contributed by atoms with Gasteiger partial charge in [0.15, 0.2) is 0 Å². The Bertz CT molecular complexity index is 849. The van der Waals surface area contributed by atoms with Crippen molar-refractivity contribution in [2.45, 2.75) is 11.8 Å². The molecule has 0 unspecified atom stereocenters. The Kier molecular flexibility index (Phi) is 4.49. The molecule has 22 heavy (non-hydrogen) atoms. The fourth-order valence-electron chi connectivity index (χ4n) is 1.94. The van der Waals surface area contributed by atoms with E-state index in [2.05, 4.69) is 0 Å². The van der Waals surface area contributed by atoms with Crippen LogP contribution in [0.25, 0.3) is 0 Å². The van der Waals surface area contributed by atoms with Gasteiger partial charge in [-0.15, -0.1) is 0 Å². The number of allylic oxidation sites excluding steroid dienone is 1. The van der Waals surface area contributed by atoms with E-state index in [1.165, 1.54) is 18.2 Å². The van der Waals surface area contributed by atoms with Crippen LogP contribution < -0.4 is 11.5 Å². The number of nitrogens with two attached hydrogens (primary N) is 2. The van der Waals surface area contributed by atoms with Gasteiger partial charge in [0.25, 0.3) is 0 Å². The first kappa shape index (κ1) is 16.4. The summed E-state index contributed by atoms with van der Waals surface area (Å²) < 4.78 is 25.4. The zero-order valence-corrected chi connectivity index (χ0v) is 14.3. The van der Waals surface area contributed by atoms with Crippen LogP contribution in [0.3, 0.4) is 0 Å². The average Bonchev–Trinajstić information content (AvgIpc) is 2.46. The summed E-state index contributed by atoms with van der Waals surface area (Å²) in [6, 6.07) is 6.18. The fraction of sp³-hybridized carbons (Fsp3) is 0.0714. The van der Waals surface area contributed by atoms with Crippen LogP contribution in [-0.2, 0) is 19.4 Å². The second-order valence-corrected chi connectivity index (χ2v) is 8.60. The first-order chi connectivity index (χ1) is 10.2. The quantitative estimate of drug-likeness (QED) is 0.678. The van der Waals surface area contributed by atoms with Crippen LogP contribution in [0.2, 0.25) is 0 Å². The first-order valence-electron chi connectivity index (χ1n) is 6.15. The van der Waals surface area contributed by atoms with Crippen molar-refractivity contribution in [1.29, 1.82) is 0 Å². The van der Waals surface area contributed by atoms with E-state index in [-0.39, 0.29) is 19.7 Å². The maximum atomic E-state index is 12.7. The molecule has 2 amide bonds. The minimum atomic E-state index is -3.96. The summed E-state index contributed by atoms with van der Waals surface area (Å²) in [5.74, 6) is -1.80. The number of carbonyl (C=O) groups excluding carboxylic acids is 2. The molecule has 0 saturated heterocycles. The van der Waals surface area contributed by atoms with Gasteiger partial charge < -0.3 is 0 Å². The normalized spacial score (nSPS) is 15.4. The molecule has 0 aliphatic carbocycles. The van der Waals surface area contributed by atoms with Gasteiger partial charge in [0.2, 0.25) is 0 Å². The predicted molar refractivity (Wildman–Crippen MR) is 83.7 cm³/mol. The number of primary amides is 2. The van der Waals surface area contributed by atoms with Crippen LogP contribution in [0.1, 0.15) is 5.56 Å². The Hall–Kier alpha value is -1.98. The summed E-state index contributed by atoms with van der Waals surface area (Å²) in [6.45, 7) is 1.83. The fourth-order valence-corrected chi connectivity index (χ4v) is 5.59. The molecule has 1 aromatic carbocycles. The van der Waals surface area contributed by atoms with Gasteiger partial charge in [-0.1, -0.05) is 0 Å². The molecular formula is C14H13AsN2O4S. The monoisotopic (exact) mass is 380 g/mol. The van der Waals surface area contributed by atoms with E-state index in [1.54, 1.807) is 17.0 Å². The van der Waals surface area contributed by atoms with E-state index in [0.717, 1.165) is 5.56 Å². The molecule has 4 N–H and O–H groups in total. The Morgan fingerprint density at radius 2 is 1.64 bits per heavy atom. The second kappa shape index (κ2) is 6.02. The van der Waals surface area contributed by atoms with Crippen LogP contribution in [0.15, 0.2) is 50.6 Å². The Morgan fingerprint density at radius 3 is 2.14 bits per heavy atom. The summed E-state index contributed by atoms with van der Waals surface area (Å²) in [5, 5.41) is 0. The van der Waals surface area contributed by atoms with Crippen molar-refractivity contribution in [1.82, 2.24) is 0 Å². The van der Waals surface area contributed by atoms with Crippen molar-refractivity contribution >= 4 is 41.3 Å². The van der Waals surface area contributed by atoms with Gasteiger partial charge in [-0.2, -0.15) is 0 Å². The van der Waals surface area contributed by atoms with Crippen LogP contribution in [0, 0.1) is 6.92 Å². The minimum absolute atomic E-state index is 0.00284. The molecule has 0 atom stereocenters. The molecule has 114 valence electrons. The van der Waals surface area contributed by atoms with Crippen molar-refractivity contribution in [3.63, 3.8) is 0 Å². The van der Waals surface area contributed by atoms with E-state index in [4.69, 9.17) is 11.5 Å². The molecule has 8 heteroatoms. The van der Waals surface area contributed by atoms with Crippen molar-refractivity contribution in [3.05, 3.63) is 51.2 Å². The van der Waals surface area contributed by atoms with E-state index in [0.29, 0.717) is 0 Å². The van der Waals surface area contributed by atoms with E-state index in [9.17, 15) is 18.0 Å². The zero-order valence-electron chi connectivity index (χ0n) is 11.6. The van der Waals surface area contributed by atoms with Gasteiger partial charge in [0.05, 0.1) is 0 Å². The molecule has 0 bridgehead atoms. The SMILES string of the molecule is Cc1ccc(S(=O)(=O)C2=C(C(N)=O)C(C(N)=O)=[As]C=C2)cc1. The molecule has 0 spiro atoms. The third kappa shape index (κ3) is 2.96. The molecule has 1 aliphatic heterocycles. The number of rotatable bonds is 4. The molecule has 6 nitrogen and oxygen atoms in total. The van der Waals surface area contributed by atoms with Gasteiger partial charge in [-0.05, 0) is 0 Å². The second-order valence-electron chi connectivity index (χ2n) is 4.58. The van der Waals surface area contributed by atoms with E-state index < -0.39 is 37.0 Å². The van der Waals surface area contributed by atoms with Crippen LogP contribution in [0.4, 0.5) is 0 Å². The molecule has 2 rings (SSSR count). The number of benzene rings is 1. The molecule has 0 aromatic heterocycles. The standard InChI is InChI=1S/C14H13AsN2O4S/c1-8-2-4-9(5-3-8)22(20,21)10-6-7-15-12(14(17)19)11(10)13(16)18/h2-7H,1H3,(H2,16,18)(H2,17,19). The van der Waals surface area contributed by atoms with Gasteiger partial charge in [-0.3, -0.25) is 0 Å². The van der Waals surface area contributed by atoms with Crippen LogP contribution in [0.5, 0.6) is 0 Å². The number of hydrogen-bond donors (Lipinski definition) is 2. The summed E-state index contributed by atoms with van der Waals surface area (Å²) in [5.41, 5.74) is 11.1. The third-order valence-corrected chi connectivity index (χ3v) is 6.92. The summed E-state index contributed by atoms with van der Waals surface area (Å²) >= 11 is -0.823. The number of hydrogen-bond acceptors (Lipinski definition) is 4. The zero-order chi connectivity index (χ0) is 16.5. The number of sulfone groups is 1. The summed E-state index contributed by atoms with van der Waals surface area (Å²) in [6.07, 6.45) is 1.32. The number of carbonyl (C=O) groups is 2. The molecule has 0 saturated carbocycles. The molecule has 0 radical (unpaired) electrons. The van der Waals surface area contributed by atoms with E-state index in [1.807, 2.05) is 6.92 Å². The Labute approximate surface area is 134 Å². The maximum absolute atomic E-state index is 12.7. The predicted octanol–water partition coefficient (Wildman–Crippen LogP) is -0.603. The van der Waals surface area contributed by atoms with Gasteiger partial charge >= 0.3 is 134 Å². The molecule has 1 heterocycles. The molecule has 1 aromatic rings. The van der Waals surface area contributed by atoms with Gasteiger partial charge in [-0.25, -0.2) is 0 Å². The van der Waals surface area contributed by atoms with E-state index >= 15 is 0 Å².